The minimum atomic E-state index is -3.73. The van der Waals surface area contributed by atoms with Crippen LogP contribution in [0.2, 0.25) is 5.02 Å². The first-order chi connectivity index (χ1) is 16.9. The molecule has 0 unspecified atom stereocenters. The largest absolute Gasteiger partial charge is 0.486 e. The number of rotatable bonds is 11. The second-order valence-corrected chi connectivity index (χ2v) is 11.0. The summed E-state index contributed by atoms with van der Waals surface area (Å²) in [4.78, 5) is 2.63. The summed E-state index contributed by atoms with van der Waals surface area (Å²) in [5, 5.41) is 2.25. The molecule has 0 aromatic heterocycles. The Bertz CT molecular complexity index is 1260. The van der Waals surface area contributed by atoms with Crippen molar-refractivity contribution in [2.24, 2.45) is 0 Å². The molecule has 3 aromatic carbocycles. The Morgan fingerprint density at radius 2 is 1.63 bits per heavy atom. The standard InChI is InChI=1S/C27H33ClN2O4S/c1-3-29(4-2)14-5-6-15-30(20-21-10-13-26-27(18-21)34-17-16-33-26)35(31,32)23-11-12-24-22(19-23)8-7-9-25(24)28/h7-13,18-19H,3-6,14-17,20H2,1-2H3. The van der Waals surface area contributed by atoms with E-state index in [9.17, 15) is 8.42 Å². The van der Waals surface area contributed by atoms with Gasteiger partial charge in [-0.25, -0.2) is 8.42 Å². The number of nitrogens with zero attached hydrogens (tertiary/aromatic N) is 2. The molecule has 35 heavy (non-hydrogen) atoms. The van der Waals surface area contributed by atoms with Crippen molar-refractivity contribution in [3.05, 3.63) is 65.2 Å². The van der Waals surface area contributed by atoms with Crippen molar-refractivity contribution in [3.63, 3.8) is 0 Å². The fourth-order valence-electron chi connectivity index (χ4n) is 4.37. The Labute approximate surface area is 213 Å². The normalized spacial score (nSPS) is 13.6. The van der Waals surface area contributed by atoms with Crippen molar-refractivity contribution < 1.29 is 17.9 Å². The minimum absolute atomic E-state index is 0.262. The summed E-state index contributed by atoms with van der Waals surface area (Å²) in [5.74, 6) is 1.35. The molecule has 1 heterocycles. The zero-order valence-corrected chi connectivity index (χ0v) is 21.9. The number of fused-ring (bicyclic) bond motifs is 2. The number of halogens is 1. The summed E-state index contributed by atoms with van der Waals surface area (Å²) in [5.41, 5.74) is 0.866. The smallest absolute Gasteiger partial charge is 0.243 e. The molecule has 188 valence electrons. The van der Waals surface area contributed by atoms with Crippen molar-refractivity contribution in [2.75, 3.05) is 39.4 Å². The highest BCUT2D eigenvalue weighted by molar-refractivity contribution is 7.89. The fourth-order valence-corrected chi connectivity index (χ4v) is 6.12. The molecule has 3 aromatic rings. The lowest BCUT2D eigenvalue weighted by molar-refractivity contribution is 0.171. The topological polar surface area (TPSA) is 59.1 Å². The molecule has 0 N–H and O–H groups in total. The number of unbranched alkanes of at least 4 members (excludes halogenated alkanes) is 1. The van der Waals surface area contributed by atoms with Crippen molar-refractivity contribution in [3.8, 4) is 11.5 Å². The van der Waals surface area contributed by atoms with Gasteiger partial charge in [-0.05, 0) is 73.8 Å². The Morgan fingerprint density at radius 3 is 2.40 bits per heavy atom. The van der Waals surface area contributed by atoms with Crippen LogP contribution in [0.15, 0.2) is 59.5 Å². The van der Waals surface area contributed by atoms with Gasteiger partial charge in [0.25, 0.3) is 0 Å². The van der Waals surface area contributed by atoms with E-state index in [-0.39, 0.29) is 11.4 Å². The molecule has 1 aliphatic rings. The Balaban J connectivity index is 1.59. The lowest BCUT2D eigenvalue weighted by Crippen LogP contribution is -2.32. The lowest BCUT2D eigenvalue weighted by Gasteiger charge is -2.25. The van der Waals surface area contributed by atoms with E-state index in [4.69, 9.17) is 21.1 Å². The monoisotopic (exact) mass is 516 g/mol. The van der Waals surface area contributed by atoms with Gasteiger partial charge >= 0.3 is 0 Å². The van der Waals surface area contributed by atoms with Crippen LogP contribution >= 0.6 is 11.6 Å². The quantitative estimate of drug-likeness (QED) is 0.311. The first-order valence-corrected chi connectivity index (χ1v) is 14.0. The van der Waals surface area contributed by atoms with E-state index < -0.39 is 10.0 Å². The van der Waals surface area contributed by atoms with Crippen LogP contribution in [-0.4, -0.2) is 57.0 Å². The van der Waals surface area contributed by atoms with Crippen LogP contribution in [0.25, 0.3) is 10.8 Å². The maximum atomic E-state index is 13.8. The zero-order valence-electron chi connectivity index (χ0n) is 20.4. The molecule has 0 saturated heterocycles. The molecule has 8 heteroatoms. The molecular formula is C27H33ClN2O4S. The zero-order chi connectivity index (χ0) is 24.8. The number of ether oxygens (including phenoxy) is 2. The van der Waals surface area contributed by atoms with E-state index in [1.165, 1.54) is 0 Å². The summed E-state index contributed by atoms with van der Waals surface area (Å²) in [6, 6.07) is 16.3. The summed E-state index contributed by atoms with van der Waals surface area (Å²) >= 11 is 6.30. The lowest BCUT2D eigenvalue weighted by atomic mass is 10.1. The molecule has 1 aliphatic heterocycles. The predicted molar refractivity (Wildman–Crippen MR) is 141 cm³/mol. The van der Waals surface area contributed by atoms with Gasteiger partial charge in [0.1, 0.15) is 13.2 Å². The maximum Gasteiger partial charge on any atom is 0.243 e. The fraction of sp³-hybridized carbons (Fsp3) is 0.407. The van der Waals surface area contributed by atoms with E-state index in [0.717, 1.165) is 48.8 Å². The SMILES string of the molecule is CCN(CC)CCCCN(Cc1ccc2c(c1)OCCO2)S(=O)(=O)c1ccc2c(Cl)cccc2c1. The van der Waals surface area contributed by atoms with Gasteiger partial charge in [-0.2, -0.15) is 4.31 Å². The van der Waals surface area contributed by atoms with Gasteiger partial charge in [0.05, 0.1) is 4.90 Å². The number of sulfonamides is 1. The van der Waals surface area contributed by atoms with Gasteiger partial charge in [-0.3, -0.25) is 0 Å². The summed E-state index contributed by atoms with van der Waals surface area (Å²) in [6.45, 7) is 8.95. The van der Waals surface area contributed by atoms with Crippen LogP contribution in [0.3, 0.4) is 0 Å². The number of hydrogen-bond acceptors (Lipinski definition) is 5. The van der Waals surface area contributed by atoms with Crippen LogP contribution in [0.4, 0.5) is 0 Å². The molecule has 0 aliphatic carbocycles. The molecule has 0 atom stereocenters. The van der Waals surface area contributed by atoms with Crippen LogP contribution in [0.1, 0.15) is 32.3 Å². The maximum absolute atomic E-state index is 13.8. The molecule has 0 radical (unpaired) electrons. The van der Waals surface area contributed by atoms with Crippen LogP contribution in [0.5, 0.6) is 11.5 Å². The summed E-state index contributed by atoms with van der Waals surface area (Å²) < 4.78 is 40.6. The van der Waals surface area contributed by atoms with Crippen LogP contribution < -0.4 is 9.47 Å². The van der Waals surface area contributed by atoms with E-state index in [0.29, 0.717) is 36.3 Å². The van der Waals surface area contributed by atoms with E-state index >= 15 is 0 Å². The van der Waals surface area contributed by atoms with Crippen molar-refractivity contribution in [1.29, 1.82) is 0 Å². The van der Waals surface area contributed by atoms with Gasteiger partial charge in [-0.15, -0.1) is 0 Å². The second-order valence-electron chi connectivity index (χ2n) is 8.67. The van der Waals surface area contributed by atoms with Gasteiger partial charge in [0, 0.05) is 23.5 Å². The molecular weight excluding hydrogens is 484 g/mol. The van der Waals surface area contributed by atoms with E-state index in [1.54, 1.807) is 22.5 Å². The highest BCUT2D eigenvalue weighted by Gasteiger charge is 2.26. The average Bonchev–Trinajstić information content (AvgIpc) is 2.88. The van der Waals surface area contributed by atoms with Gasteiger partial charge in [0.2, 0.25) is 10.0 Å². The van der Waals surface area contributed by atoms with Gasteiger partial charge in [0.15, 0.2) is 11.5 Å². The van der Waals surface area contributed by atoms with Crippen molar-refractivity contribution in [2.45, 2.75) is 38.1 Å². The third-order valence-electron chi connectivity index (χ3n) is 6.43. The van der Waals surface area contributed by atoms with E-state index in [1.807, 2.05) is 36.4 Å². The third-order valence-corrected chi connectivity index (χ3v) is 8.60. The molecule has 0 fully saturated rings. The molecule has 4 rings (SSSR count). The van der Waals surface area contributed by atoms with Gasteiger partial charge in [-0.1, -0.05) is 49.7 Å². The second kappa shape index (κ2) is 11.6. The van der Waals surface area contributed by atoms with Crippen molar-refractivity contribution >= 4 is 32.4 Å². The third kappa shape index (κ3) is 6.09. The van der Waals surface area contributed by atoms with Crippen LogP contribution in [0, 0.1) is 0 Å². The number of hydrogen-bond donors (Lipinski definition) is 0. The number of benzene rings is 3. The first-order valence-electron chi connectivity index (χ1n) is 12.2. The average molecular weight is 517 g/mol. The van der Waals surface area contributed by atoms with Gasteiger partial charge < -0.3 is 14.4 Å². The van der Waals surface area contributed by atoms with Crippen LogP contribution in [-0.2, 0) is 16.6 Å². The summed E-state index contributed by atoms with van der Waals surface area (Å²) in [7, 11) is -3.73. The Hall–Kier alpha value is -2.32. The van der Waals surface area contributed by atoms with E-state index in [2.05, 4.69) is 18.7 Å². The Kier molecular flexibility index (Phi) is 8.55. The van der Waals surface area contributed by atoms with Crippen molar-refractivity contribution in [1.82, 2.24) is 9.21 Å². The highest BCUT2D eigenvalue weighted by Crippen LogP contribution is 2.32. The Morgan fingerprint density at radius 1 is 0.886 bits per heavy atom. The molecule has 0 spiro atoms. The molecule has 0 bridgehead atoms. The minimum Gasteiger partial charge on any atom is -0.486 e. The highest BCUT2D eigenvalue weighted by atomic mass is 35.5. The predicted octanol–water partition coefficient (Wildman–Crippen LogP) is 5.58. The summed E-state index contributed by atoms with van der Waals surface area (Å²) in [6.07, 6.45) is 1.71. The first kappa shape index (κ1) is 25.8. The molecule has 0 saturated carbocycles. The molecule has 0 amide bonds. The molecule has 6 nitrogen and oxygen atoms in total.